The Morgan fingerprint density at radius 1 is 1.35 bits per heavy atom. The van der Waals surface area contributed by atoms with Crippen LogP contribution in [0.15, 0.2) is 18.2 Å². The number of benzene rings is 1. The van der Waals surface area contributed by atoms with Crippen LogP contribution in [0, 0.1) is 5.92 Å². The molecule has 1 heterocycles. The van der Waals surface area contributed by atoms with Gasteiger partial charge in [-0.1, -0.05) is 19.9 Å². The lowest BCUT2D eigenvalue weighted by Gasteiger charge is -2.23. The van der Waals surface area contributed by atoms with Crippen molar-refractivity contribution in [3.63, 3.8) is 0 Å². The van der Waals surface area contributed by atoms with E-state index in [1.165, 1.54) is 0 Å². The second kappa shape index (κ2) is 6.81. The van der Waals surface area contributed by atoms with Gasteiger partial charge in [0, 0.05) is 13.6 Å². The van der Waals surface area contributed by atoms with Gasteiger partial charge in [0.15, 0.2) is 11.5 Å². The number of rotatable bonds is 4. The Morgan fingerprint density at radius 3 is 2.65 bits per heavy atom. The molecule has 1 unspecified atom stereocenters. The molecule has 0 spiro atoms. The van der Waals surface area contributed by atoms with Crippen LogP contribution in [0.3, 0.4) is 0 Å². The first kappa shape index (κ1) is 16.6. The van der Waals surface area contributed by atoms with Gasteiger partial charge in [-0.15, -0.1) is 12.4 Å². The number of halogens is 1. The fraction of sp³-hybridized carbons (Fsp3) is 0.500. The minimum Gasteiger partial charge on any atom is -0.454 e. The zero-order chi connectivity index (χ0) is 14.0. The van der Waals surface area contributed by atoms with Crippen LogP contribution in [0.4, 0.5) is 0 Å². The first-order chi connectivity index (χ1) is 8.99. The smallest absolute Gasteiger partial charge is 0.239 e. The highest BCUT2D eigenvalue weighted by atomic mass is 35.5. The molecule has 20 heavy (non-hydrogen) atoms. The Bertz CT molecular complexity index is 479. The summed E-state index contributed by atoms with van der Waals surface area (Å²) in [6.45, 7) is 4.65. The summed E-state index contributed by atoms with van der Waals surface area (Å²) in [5.74, 6) is 1.56. The molecule has 1 aliphatic heterocycles. The second-order valence-electron chi connectivity index (χ2n) is 5.15. The van der Waals surface area contributed by atoms with Gasteiger partial charge >= 0.3 is 0 Å². The molecule has 2 N–H and O–H groups in total. The highest BCUT2D eigenvalue weighted by molar-refractivity contribution is 5.85. The molecule has 0 aliphatic carbocycles. The average molecular weight is 301 g/mol. The lowest BCUT2D eigenvalue weighted by molar-refractivity contribution is -0.132. The number of hydrogen-bond donors (Lipinski definition) is 1. The van der Waals surface area contributed by atoms with E-state index in [2.05, 4.69) is 0 Å². The molecule has 0 saturated heterocycles. The summed E-state index contributed by atoms with van der Waals surface area (Å²) >= 11 is 0. The first-order valence-corrected chi connectivity index (χ1v) is 6.38. The topological polar surface area (TPSA) is 64.8 Å². The van der Waals surface area contributed by atoms with Crippen molar-refractivity contribution in [1.82, 2.24) is 4.90 Å². The van der Waals surface area contributed by atoms with E-state index < -0.39 is 6.04 Å². The van der Waals surface area contributed by atoms with Crippen LogP contribution in [0.1, 0.15) is 19.4 Å². The Labute approximate surface area is 125 Å². The summed E-state index contributed by atoms with van der Waals surface area (Å²) in [6.07, 6.45) is 0. The summed E-state index contributed by atoms with van der Waals surface area (Å²) < 4.78 is 10.6. The third kappa shape index (κ3) is 3.55. The van der Waals surface area contributed by atoms with Gasteiger partial charge in [-0.05, 0) is 23.6 Å². The van der Waals surface area contributed by atoms with Crippen LogP contribution in [-0.2, 0) is 11.3 Å². The zero-order valence-corrected chi connectivity index (χ0v) is 12.8. The van der Waals surface area contributed by atoms with E-state index in [-0.39, 0.29) is 31.0 Å². The van der Waals surface area contributed by atoms with Gasteiger partial charge in [-0.25, -0.2) is 0 Å². The fourth-order valence-corrected chi connectivity index (χ4v) is 1.93. The highest BCUT2D eigenvalue weighted by Gasteiger charge is 2.21. The molecule has 2 rings (SSSR count). The van der Waals surface area contributed by atoms with E-state index in [1.807, 2.05) is 32.0 Å². The maximum atomic E-state index is 12.1. The molecule has 112 valence electrons. The molecule has 1 atom stereocenters. The maximum Gasteiger partial charge on any atom is 0.239 e. The predicted molar refractivity (Wildman–Crippen MR) is 79.1 cm³/mol. The van der Waals surface area contributed by atoms with Gasteiger partial charge in [0.05, 0.1) is 6.04 Å². The van der Waals surface area contributed by atoms with Crippen LogP contribution in [0.2, 0.25) is 0 Å². The normalized spacial score (nSPS) is 13.8. The van der Waals surface area contributed by atoms with E-state index in [0.717, 1.165) is 17.1 Å². The van der Waals surface area contributed by atoms with E-state index in [0.29, 0.717) is 6.54 Å². The van der Waals surface area contributed by atoms with Crippen molar-refractivity contribution in [2.75, 3.05) is 13.8 Å². The molecule has 0 fully saturated rings. The van der Waals surface area contributed by atoms with Gasteiger partial charge in [0.25, 0.3) is 0 Å². The van der Waals surface area contributed by atoms with Crippen molar-refractivity contribution in [1.29, 1.82) is 0 Å². The van der Waals surface area contributed by atoms with Crippen molar-refractivity contribution >= 4 is 18.3 Å². The van der Waals surface area contributed by atoms with Crippen LogP contribution in [-0.4, -0.2) is 30.7 Å². The highest BCUT2D eigenvalue weighted by Crippen LogP contribution is 2.32. The molecule has 6 heteroatoms. The van der Waals surface area contributed by atoms with Gasteiger partial charge < -0.3 is 20.1 Å². The van der Waals surface area contributed by atoms with Crippen molar-refractivity contribution in [2.45, 2.75) is 26.4 Å². The monoisotopic (exact) mass is 300 g/mol. The van der Waals surface area contributed by atoms with Crippen LogP contribution >= 0.6 is 12.4 Å². The van der Waals surface area contributed by atoms with Crippen molar-refractivity contribution in [3.8, 4) is 11.5 Å². The number of amides is 1. The van der Waals surface area contributed by atoms with Crippen molar-refractivity contribution in [2.24, 2.45) is 11.7 Å². The third-order valence-electron chi connectivity index (χ3n) is 3.24. The molecule has 1 aromatic carbocycles. The SMILES string of the molecule is CC(C)C(N)C(=O)N(C)Cc1ccc2c(c1)OCO2.Cl. The fourth-order valence-electron chi connectivity index (χ4n) is 1.93. The molecule has 0 bridgehead atoms. The Balaban J connectivity index is 0.00000200. The van der Waals surface area contributed by atoms with Gasteiger partial charge in [0.2, 0.25) is 12.7 Å². The summed E-state index contributed by atoms with van der Waals surface area (Å²) in [7, 11) is 1.76. The summed E-state index contributed by atoms with van der Waals surface area (Å²) in [6, 6.07) is 5.22. The van der Waals surface area contributed by atoms with E-state index in [9.17, 15) is 4.79 Å². The Kier molecular flexibility index (Phi) is 5.65. The van der Waals surface area contributed by atoms with Crippen molar-refractivity contribution < 1.29 is 14.3 Å². The largest absolute Gasteiger partial charge is 0.454 e. The average Bonchev–Trinajstić information content (AvgIpc) is 2.84. The number of ether oxygens (including phenoxy) is 2. The minimum absolute atomic E-state index is 0. The van der Waals surface area contributed by atoms with Crippen LogP contribution in [0.25, 0.3) is 0 Å². The molecule has 1 aromatic rings. The molecular weight excluding hydrogens is 280 g/mol. The van der Waals surface area contributed by atoms with Crippen LogP contribution < -0.4 is 15.2 Å². The molecule has 1 aliphatic rings. The number of hydrogen-bond acceptors (Lipinski definition) is 4. The molecule has 0 aromatic heterocycles. The number of likely N-dealkylation sites (N-methyl/N-ethyl adjacent to an activating group) is 1. The van der Waals surface area contributed by atoms with Crippen molar-refractivity contribution in [3.05, 3.63) is 23.8 Å². The molecule has 0 saturated carbocycles. The Morgan fingerprint density at radius 2 is 2.00 bits per heavy atom. The number of fused-ring (bicyclic) bond motifs is 1. The van der Waals surface area contributed by atoms with Crippen LogP contribution in [0.5, 0.6) is 11.5 Å². The number of carbonyl (C=O) groups excluding carboxylic acids is 1. The lowest BCUT2D eigenvalue weighted by Crippen LogP contribution is -2.44. The van der Waals surface area contributed by atoms with Gasteiger partial charge in [-0.3, -0.25) is 4.79 Å². The number of carbonyl (C=O) groups is 1. The van der Waals surface area contributed by atoms with Gasteiger partial charge in [0.1, 0.15) is 0 Å². The summed E-state index contributed by atoms with van der Waals surface area (Å²) in [4.78, 5) is 13.7. The van der Waals surface area contributed by atoms with Gasteiger partial charge in [-0.2, -0.15) is 0 Å². The molecule has 5 nitrogen and oxygen atoms in total. The quantitative estimate of drug-likeness (QED) is 0.920. The predicted octanol–water partition coefficient (Wildman–Crippen LogP) is 1.78. The van der Waals surface area contributed by atoms with E-state index in [4.69, 9.17) is 15.2 Å². The molecule has 1 amide bonds. The summed E-state index contributed by atoms with van der Waals surface area (Å²) in [5.41, 5.74) is 6.87. The molecular formula is C14H21ClN2O3. The Hall–Kier alpha value is -1.46. The number of nitrogens with zero attached hydrogens (tertiary/aromatic N) is 1. The first-order valence-electron chi connectivity index (χ1n) is 6.38. The standard InChI is InChI=1S/C14H20N2O3.ClH/c1-9(2)13(15)14(17)16(3)7-10-4-5-11-12(6-10)19-8-18-11;/h4-6,9,13H,7-8,15H2,1-3H3;1H. The third-order valence-corrected chi connectivity index (χ3v) is 3.24. The zero-order valence-electron chi connectivity index (χ0n) is 12.0. The summed E-state index contributed by atoms with van der Waals surface area (Å²) in [5, 5.41) is 0. The molecule has 0 radical (unpaired) electrons. The van der Waals surface area contributed by atoms with E-state index >= 15 is 0 Å². The lowest BCUT2D eigenvalue weighted by atomic mass is 10.0. The second-order valence-corrected chi connectivity index (χ2v) is 5.15. The maximum absolute atomic E-state index is 12.1. The minimum atomic E-state index is -0.459. The number of nitrogens with two attached hydrogens (primary N) is 1. The van der Waals surface area contributed by atoms with E-state index in [1.54, 1.807) is 11.9 Å².